The average Bonchev–Trinajstić information content (AvgIpc) is 3.13. The molecule has 1 aromatic heterocycles. The Labute approximate surface area is 155 Å². The van der Waals surface area contributed by atoms with Crippen molar-refractivity contribution in [1.29, 1.82) is 0 Å². The Bertz CT molecular complexity index is 1040. The molecule has 0 aliphatic carbocycles. The topological polar surface area (TPSA) is 51.2 Å². The standard InChI is InChI=1S/C21H16N2O2S/c1-25-18-12-11-15(21-23-16-9-5-6-10-19(16)26-21)13-17(18)22-20(24)14-7-3-2-4-8-14/h2-13H,1H3,(H,22,24). The molecule has 0 fully saturated rings. The van der Waals surface area contributed by atoms with Gasteiger partial charge in [0.2, 0.25) is 0 Å². The van der Waals surface area contributed by atoms with Crippen LogP contribution in [0.5, 0.6) is 5.75 Å². The zero-order chi connectivity index (χ0) is 17.9. The lowest BCUT2D eigenvalue weighted by molar-refractivity contribution is 0.102. The number of anilines is 1. The third-order valence-electron chi connectivity index (χ3n) is 4.02. The minimum Gasteiger partial charge on any atom is -0.495 e. The highest BCUT2D eigenvalue weighted by Crippen LogP contribution is 2.35. The van der Waals surface area contributed by atoms with E-state index in [0.717, 1.165) is 20.8 Å². The zero-order valence-corrected chi connectivity index (χ0v) is 14.9. The fourth-order valence-electron chi connectivity index (χ4n) is 2.72. The van der Waals surface area contributed by atoms with Crippen molar-refractivity contribution in [2.24, 2.45) is 0 Å². The van der Waals surface area contributed by atoms with Gasteiger partial charge < -0.3 is 10.1 Å². The molecule has 1 amide bonds. The number of methoxy groups -OCH3 is 1. The number of ether oxygens (including phenoxy) is 1. The van der Waals surface area contributed by atoms with Crippen LogP contribution in [0.1, 0.15) is 10.4 Å². The van der Waals surface area contributed by atoms with Gasteiger partial charge in [0.1, 0.15) is 10.8 Å². The first-order chi connectivity index (χ1) is 12.7. The van der Waals surface area contributed by atoms with E-state index in [-0.39, 0.29) is 5.91 Å². The number of amides is 1. The predicted molar refractivity (Wildman–Crippen MR) is 106 cm³/mol. The first kappa shape index (κ1) is 16.3. The highest BCUT2D eigenvalue weighted by molar-refractivity contribution is 7.21. The molecule has 0 bridgehead atoms. The monoisotopic (exact) mass is 360 g/mol. The van der Waals surface area contributed by atoms with E-state index in [2.05, 4.69) is 16.4 Å². The molecule has 1 heterocycles. The lowest BCUT2D eigenvalue weighted by Crippen LogP contribution is -2.12. The SMILES string of the molecule is COc1ccc(-c2nc3ccccc3s2)cc1NC(=O)c1ccccc1. The summed E-state index contributed by atoms with van der Waals surface area (Å²) in [6.45, 7) is 0. The Kier molecular flexibility index (Phi) is 4.37. The maximum Gasteiger partial charge on any atom is 0.255 e. The zero-order valence-electron chi connectivity index (χ0n) is 14.1. The number of carbonyl (C=O) groups excluding carboxylic acids is 1. The molecule has 1 N–H and O–H groups in total. The van der Waals surface area contributed by atoms with Crippen LogP contribution >= 0.6 is 11.3 Å². The van der Waals surface area contributed by atoms with E-state index in [1.807, 2.05) is 54.6 Å². The Balaban J connectivity index is 1.70. The van der Waals surface area contributed by atoms with Gasteiger partial charge in [-0.15, -0.1) is 11.3 Å². The van der Waals surface area contributed by atoms with E-state index in [1.165, 1.54) is 0 Å². The van der Waals surface area contributed by atoms with E-state index in [0.29, 0.717) is 17.0 Å². The molecule has 4 aromatic rings. The molecule has 0 saturated heterocycles. The Morgan fingerprint density at radius 1 is 1.00 bits per heavy atom. The number of rotatable bonds is 4. The van der Waals surface area contributed by atoms with Gasteiger partial charge in [0, 0.05) is 11.1 Å². The van der Waals surface area contributed by atoms with E-state index in [4.69, 9.17) is 4.74 Å². The van der Waals surface area contributed by atoms with Gasteiger partial charge in [-0.1, -0.05) is 30.3 Å². The summed E-state index contributed by atoms with van der Waals surface area (Å²) in [7, 11) is 1.59. The fourth-order valence-corrected chi connectivity index (χ4v) is 3.68. The molecule has 128 valence electrons. The van der Waals surface area contributed by atoms with Crippen molar-refractivity contribution in [3.8, 4) is 16.3 Å². The molecule has 0 radical (unpaired) electrons. The summed E-state index contributed by atoms with van der Waals surface area (Å²) >= 11 is 1.62. The van der Waals surface area contributed by atoms with Gasteiger partial charge in [-0.2, -0.15) is 0 Å². The smallest absolute Gasteiger partial charge is 0.255 e. The van der Waals surface area contributed by atoms with Crippen LogP contribution in [-0.4, -0.2) is 18.0 Å². The number of benzene rings is 3. The van der Waals surface area contributed by atoms with Crippen LogP contribution in [0.2, 0.25) is 0 Å². The second-order valence-corrected chi connectivity index (χ2v) is 6.75. The van der Waals surface area contributed by atoms with Crippen LogP contribution in [-0.2, 0) is 0 Å². The molecule has 0 aliphatic rings. The quantitative estimate of drug-likeness (QED) is 0.542. The van der Waals surface area contributed by atoms with Crippen molar-refractivity contribution in [3.63, 3.8) is 0 Å². The van der Waals surface area contributed by atoms with Crippen molar-refractivity contribution in [3.05, 3.63) is 78.4 Å². The van der Waals surface area contributed by atoms with E-state index in [1.54, 1.807) is 30.6 Å². The van der Waals surface area contributed by atoms with E-state index < -0.39 is 0 Å². The minimum atomic E-state index is -0.176. The van der Waals surface area contributed by atoms with Crippen molar-refractivity contribution >= 4 is 33.1 Å². The Hall–Kier alpha value is -3.18. The number of nitrogens with one attached hydrogen (secondary N) is 1. The van der Waals surface area contributed by atoms with Gasteiger partial charge in [0.25, 0.3) is 5.91 Å². The van der Waals surface area contributed by atoms with E-state index >= 15 is 0 Å². The number of aromatic nitrogens is 1. The Morgan fingerprint density at radius 2 is 1.77 bits per heavy atom. The molecule has 0 saturated carbocycles. The summed E-state index contributed by atoms with van der Waals surface area (Å²) < 4.78 is 6.53. The van der Waals surface area contributed by atoms with Crippen LogP contribution in [0.4, 0.5) is 5.69 Å². The number of para-hydroxylation sites is 1. The minimum absolute atomic E-state index is 0.176. The Morgan fingerprint density at radius 3 is 2.54 bits per heavy atom. The van der Waals surface area contributed by atoms with Gasteiger partial charge >= 0.3 is 0 Å². The molecule has 4 rings (SSSR count). The first-order valence-corrected chi connectivity index (χ1v) is 8.96. The molecule has 0 atom stereocenters. The van der Waals surface area contributed by atoms with Gasteiger partial charge in [-0.3, -0.25) is 4.79 Å². The maximum atomic E-state index is 12.5. The molecule has 0 spiro atoms. The fraction of sp³-hybridized carbons (Fsp3) is 0.0476. The highest BCUT2D eigenvalue weighted by Gasteiger charge is 2.13. The predicted octanol–water partition coefficient (Wildman–Crippen LogP) is 5.22. The van der Waals surface area contributed by atoms with Gasteiger partial charge in [-0.05, 0) is 42.5 Å². The lowest BCUT2D eigenvalue weighted by Gasteiger charge is -2.11. The number of hydrogen-bond donors (Lipinski definition) is 1. The van der Waals surface area contributed by atoms with Crippen LogP contribution in [0.25, 0.3) is 20.8 Å². The maximum absolute atomic E-state index is 12.5. The third-order valence-corrected chi connectivity index (χ3v) is 5.11. The molecule has 0 aliphatic heterocycles. The van der Waals surface area contributed by atoms with Crippen LogP contribution in [0.3, 0.4) is 0 Å². The number of hydrogen-bond acceptors (Lipinski definition) is 4. The summed E-state index contributed by atoms with van der Waals surface area (Å²) in [5.74, 6) is 0.435. The molecular formula is C21H16N2O2S. The van der Waals surface area contributed by atoms with Crippen molar-refractivity contribution in [2.45, 2.75) is 0 Å². The molecular weight excluding hydrogens is 344 g/mol. The first-order valence-electron chi connectivity index (χ1n) is 8.15. The second-order valence-electron chi connectivity index (χ2n) is 5.72. The average molecular weight is 360 g/mol. The number of carbonyl (C=O) groups is 1. The van der Waals surface area contributed by atoms with Gasteiger partial charge in [-0.25, -0.2) is 4.98 Å². The van der Waals surface area contributed by atoms with E-state index in [9.17, 15) is 4.79 Å². The van der Waals surface area contributed by atoms with Crippen molar-refractivity contribution in [2.75, 3.05) is 12.4 Å². The third kappa shape index (κ3) is 3.17. The largest absolute Gasteiger partial charge is 0.495 e. The highest BCUT2D eigenvalue weighted by atomic mass is 32.1. The summed E-state index contributed by atoms with van der Waals surface area (Å²) in [5.41, 5.74) is 3.13. The van der Waals surface area contributed by atoms with Crippen molar-refractivity contribution < 1.29 is 9.53 Å². The molecule has 3 aromatic carbocycles. The summed E-state index contributed by atoms with van der Waals surface area (Å²) in [4.78, 5) is 17.2. The molecule has 0 unspecified atom stereocenters. The molecule has 26 heavy (non-hydrogen) atoms. The summed E-state index contributed by atoms with van der Waals surface area (Å²) in [6, 6.07) is 22.8. The number of nitrogens with zero attached hydrogens (tertiary/aromatic N) is 1. The van der Waals surface area contributed by atoms with Crippen LogP contribution in [0, 0.1) is 0 Å². The molecule has 5 heteroatoms. The van der Waals surface area contributed by atoms with Crippen molar-refractivity contribution in [1.82, 2.24) is 4.98 Å². The number of fused-ring (bicyclic) bond motifs is 1. The summed E-state index contributed by atoms with van der Waals surface area (Å²) in [6.07, 6.45) is 0. The van der Waals surface area contributed by atoms with Gasteiger partial charge in [0.05, 0.1) is 23.0 Å². The lowest BCUT2D eigenvalue weighted by atomic mass is 10.1. The van der Waals surface area contributed by atoms with Crippen LogP contribution in [0.15, 0.2) is 72.8 Å². The van der Waals surface area contributed by atoms with Gasteiger partial charge in [0.15, 0.2) is 0 Å². The summed E-state index contributed by atoms with van der Waals surface area (Å²) in [5, 5.41) is 3.84. The van der Waals surface area contributed by atoms with Crippen LogP contribution < -0.4 is 10.1 Å². The molecule has 4 nitrogen and oxygen atoms in total. The second kappa shape index (κ2) is 6.98. The normalized spacial score (nSPS) is 10.7. The number of thiazole rings is 1.